The maximum atomic E-state index is 12.0. The van der Waals surface area contributed by atoms with E-state index in [2.05, 4.69) is 4.98 Å². The number of benzene rings is 1. The van der Waals surface area contributed by atoms with Crippen LogP contribution < -0.4 is 0 Å². The highest BCUT2D eigenvalue weighted by atomic mass is 32.2. The van der Waals surface area contributed by atoms with Crippen LogP contribution >= 0.6 is 0 Å². The van der Waals surface area contributed by atoms with Crippen LogP contribution in [0.3, 0.4) is 0 Å². The Morgan fingerprint density at radius 3 is 2.41 bits per heavy atom. The number of rotatable bonds is 3. The molecule has 88 valence electrons. The number of nitrogens with zero attached hydrogens (tertiary/aromatic N) is 3. The molecule has 0 aliphatic carbocycles. The van der Waals surface area contributed by atoms with E-state index in [9.17, 15) is 18.5 Å². The lowest BCUT2D eigenvalue weighted by Crippen LogP contribution is -2.10. The van der Waals surface area contributed by atoms with Crippen molar-refractivity contribution in [3.63, 3.8) is 0 Å². The zero-order valence-electron chi connectivity index (χ0n) is 8.42. The van der Waals surface area contributed by atoms with E-state index in [1.807, 2.05) is 0 Å². The molecule has 0 bridgehead atoms. The van der Waals surface area contributed by atoms with Crippen LogP contribution in [0, 0.1) is 10.1 Å². The fourth-order valence-corrected chi connectivity index (χ4v) is 2.39. The zero-order chi connectivity index (χ0) is 12.5. The Morgan fingerprint density at radius 2 is 1.88 bits per heavy atom. The summed E-state index contributed by atoms with van der Waals surface area (Å²) in [4.78, 5) is 13.1. The summed E-state index contributed by atoms with van der Waals surface area (Å²) in [5, 5.41) is 10.4. The quantitative estimate of drug-likeness (QED) is 0.601. The highest BCUT2D eigenvalue weighted by molar-refractivity contribution is 7.90. The summed E-state index contributed by atoms with van der Waals surface area (Å²) in [7, 11) is -3.80. The van der Waals surface area contributed by atoms with Gasteiger partial charge in [-0.05, 0) is 22.0 Å². The molecule has 0 aliphatic rings. The number of nitro groups is 1. The highest BCUT2D eigenvalue weighted by Crippen LogP contribution is 2.15. The second-order valence-corrected chi connectivity index (χ2v) is 4.98. The van der Waals surface area contributed by atoms with Crippen molar-refractivity contribution in [2.24, 2.45) is 0 Å². The number of hydrogen-bond donors (Lipinski definition) is 0. The molecule has 0 N–H and O–H groups in total. The van der Waals surface area contributed by atoms with Crippen LogP contribution in [0.2, 0.25) is 0 Å². The second kappa shape index (κ2) is 3.98. The first-order valence-corrected chi connectivity index (χ1v) is 5.95. The average Bonchev–Trinajstić information content (AvgIpc) is 2.80. The van der Waals surface area contributed by atoms with Gasteiger partial charge in [0.25, 0.3) is 10.0 Å². The molecule has 2 rings (SSSR count). The number of imidazole rings is 1. The normalized spacial score (nSPS) is 11.3. The van der Waals surface area contributed by atoms with Gasteiger partial charge in [-0.25, -0.2) is 12.4 Å². The minimum absolute atomic E-state index is 0.0484. The van der Waals surface area contributed by atoms with E-state index in [4.69, 9.17) is 0 Å². The summed E-state index contributed by atoms with van der Waals surface area (Å²) in [6, 6.07) is 7.62. The molecule has 0 aliphatic heterocycles. The topological polar surface area (TPSA) is 95.1 Å². The van der Waals surface area contributed by atoms with Gasteiger partial charge in [0.2, 0.25) is 6.33 Å². The van der Waals surface area contributed by atoms with Gasteiger partial charge in [-0.3, -0.25) is 0 Å². The highest BCUT2D eigenvalue weighted by Gasteiger charge is 2.21. The molecule has 0 spiro atoms. The van der Waals surface area contributed by atoms with Gasteiger partial charge in [0.05, 0.1) is 4.90 Å². The molecular weight excluding hydrogens is 246 g/mol. The van der Waals surface area contributed by atoms with Crippen LogP contribution in [-0.2, 0) is 10.0 Å². The smallest absolute Gasteiger partial charge is 0.358 e. The van der Waals surface area contributed by atoms with Gasteiger partial charge in [0, 0.05) is 0 Å². The molecule has 0 saturated carbocycles. The number of aromatic nitrogens is 2. The van der Waals surface area contributed by atoms with Crippen LogP contribution in [-0.4, -0.2) is 22.3 Å². The van der Waals surface area contributed by atoms with Crippen molar-refractivity contribution >= 4 is 15.8 Å². The predicted molar refractivity (Wildman–Crippen MR) is 57.9 cm³/mol. The average molecular weight is 253 g/mol. The van der Waals surface area contributed by atoms with Gasteiger partial charge in [-0.2, -0.15) is 0 Å². The SMILES string of the molecule is O=[N+]([O-])c1cn(S(=O)(=O)c2ccccc2)cn1. The van der Waals surface area contributed by atoms with Crippen molar-refractivity contribution in [1.82, 2.24) is 8.96 Å². The van der Waals surface area contributed by atoms with Crippen molar-refractivity contribution in [2.75, 3.05) is 0 Å². The van der Waals surface area contributed by atoms with E-state index < -0.39 is 20.8 Å². The minimum Gasteiger partial charge on any atom is -0.358 e. The summed E-state index contributed by atoms with van der Waals surface area (Å²) in [6.45, 7) is 0. The van der Waals surface area contributed by atoms with Crippen molar-refractivity contribution in [3.05, 3.63) is 53.0 Å². The van der Waals surface area contributed by atoms with Gasteiger partial charge < -0.3 is 10.1 Å². The molecule has 0 fully saturated rings. The fraction of sp³-hybridized carbons (Fsp3) is 0. The monoisotopic (exact) mass is 253 g/mol. The van der Waals surface area contributed by atoms with Crippen molar-refractivity contribution in [2.45, 2.75) is 4.90 Å². The molecule has 1 aromatic heterocycles. The third kappa shape index (κ3) is 2.02. The van der Waals surface area contributed by atoms with Crippen LogP contribution in [0.5, 0.6) is 0 Å². The van der Waals surface area contributed by atoms with Crippen molar-refractivity contribution < 1.29 is 13.3 Å². The standard InChI is InChI=1S/C9H7N3O4S/c13-12(14)9-6-11(7-10-9)17(15,16)8-4-2-1-3-5-8/h1-7H. The van der Waals surface area contributed by atoms with Crippen molar-refractivity contribution in [3.8, 4) is 0 Å². The van der Waals surface area contributed by atoms with Gasteiger partial charge >= 0.3 is 5.82 Å². The molecule has 0 saturated heterocycles. The fourth-order valence-electron chi connectivity index (χ4n) is 1.24. The summed E-state index contributed by atoms with van der Waals surface area (Å²) in [5.74, 6) is -0.510. The van der Waals surface area contributed by atoms with E-state index in [1.165, 1.54) is 12.1 Å². The van der Waals surface area contributed by atoms with E-state index in [0.717, 1.165) is 16.5 Å². The number of hydrogen-bond acceptors (Lipinski definition) is 5. The van der Waals surface area contributed by atoms with Crippen LogP contribution in [0.15, 0.2) is 47.8 Å². The predicted octanol–water partition coefficient (Wildman–Crippen LogP) is 1.03. The van der Waals surface area contributed by atoms with Crippen LogP contribution in [0.25, 0.3) is 0 Å². The second-order valence-electron chi connectivity index (χ2n) is 3.14. The molecule has 2 aromatic rings. The molecule has 8 heteroatoms. The first-order valence-electron chi connectivity index (χ1n) is 4.51. The third-order valence-corrected chi connectivity index (χ3v) is 3.67. The van der Waals surface area contributed by atoms with Crippen LogP contribution in [0.4, 0.5) is 5.82 Å². The molecule has 0 amide bonds. The Bertz CT molecular complexity index is 648. The van der Waals surface area contributed by atoms with E-state index in [1.54, 1.807) is 18.2 Å². The summed E-state index contributed by atoms with van der Waals surface area (Å²) in [6.07, 6.45) is 1.77. The Hall–Kier alpha value is -2.22. The molecular formula is C9H7N3O4S. The molecule has 17 heavy (non-hydrogen) atoms. The van der Waals surface area contributed by atoms with E-state index in [-0.39, 0.29) is 4.90 Å². The minimum atomic E-state index is -3.80. The summed E-state index contributed by atoms with van der Waals surface area (Å²) in [5.41, 5.74) is 0. The van der Waals surface area contributed by atoms with Gasteiger partial charge in [-0.1, -0.05) is 18.2 Å². The summed E-state index contributed by atoms with van der Waals surface area (Å²) >= 11 is 0. The van der Waals surface area contributed by atoms with Crippen molar-refractivity contribution in [1.29, 1.82) is 0 Å². The first kappa shape index (κ1) is 11.3. The molecule has 1 aromatic carbocycles. The Morgan fingerprint density at radius 1 is 1.24 bits per heavy atom. The van der Waals surface area contributed by atoms with Gasteiger partial charge in [-0.15, -0.1) is 0 Å². The third-order valence-electron chi connectivity index (χ3n) is 2.05. The van der Waals surface area contributed by atoms with Gasteiger partial charge in [0.1, 0.15) is 6.20 Å². The molecule has 0 unspecified atom stereocenters. The van der Waals surface area contributed by atoms with E-state index >= 15 is 0 Å². The largest absolute Gasteiger partial charge is 0.382 e. The lowest BCUT2D eigenvalue weighted by Gasteiger charge is -2.02. The maximum absolute atomic E-state index is 12.0. The van der Waals surface area contributed by atoms with E-state index in [0.29, 0.717) is 0 Å². The van der Waals surface area contributed by atoms with Crippen LogP contribution in [0.1, 0.15) is 0 Å². The Balaban J connectivity index is 2.49. The molecule has 7 nitrogen and oxygen atoms in total. The maximum Gasteiger partial charge on any atom is 0.382 e. The Kier molecular flexibility index (Phi) is 2.64. The Labute approximate surface area is 96.5 Å². The molecule has 0 radical (unpaired) electrons. The molecule has 0 atom stereocenters. The van der Waals surface area contributed by atoms with Gasteiger partial charge in [0.15, 0.2) is 0 Å². The lowest BCUT2D eigenvalue weighted by molar-refractivity contribution is -0.389. The first-order chi connectivity index (χ1) is 8.01. The zero-order valence-corrected chi connectivity index (χ0v) is 9.24. The molecule has 1 heterocycles. The summed E-state index contributed by atoms with van der Waals surface area (Å²) < 4.78 is 24.7. The lowest BCUT2D eigenvalue weighted by atomic mass is 10.4.